The quantitative estimate of drug-likeness (QED) is 0.794. The van der Waals surface area contributed by atoms with Gasteiger partial charge in [-0.2, -0.15) is 0 Å². The topological polar surface area (TPSA) is 49.3 Å². The van der Waals surface area contributed by atoms with Crippen LogP contribution < -0.4 is 5.32 Å². The van der Waals surface area contributed by atoms with Gasteiger partial charge in [-0.1, -0.05) is 18.2 Å². The van der Waals surface area contributed by atoms with Crippen molar-refractivity contribution in [1.29, 1.82) is 0 Å². The number of hydrogen-bond acceptors (Lipinski definition) is 2. The van der Waals surface area contributed by atoms with Crippen molar-refractivity contribution in [3.05, 3.63) is 41.2 Å². The summed E-state index contributed by atoms with van der Waals surface area (Å²) in [5.74, 6) is -1.67. The Labute approximate surface area is 87.2 Å². The molecule has 3 nitrogen and oxygen atoms in total. The third kappa shape index (κ3) is 3.18. The fourth-order valence-electron chi connectivity index (χ4n) is 1.16. The van der Waals surface area contributed by atoms with E-state index in [4.69, 9.17) is 5.11 Å². The van der Waals surface area contributed by atoms with E-state index in [9.17, 15) is 9.18 Å². The zero-order chi connectivity index (χ0) is 11.3. The number of halogens is 1. The Morgan fingerprint density at radius 1 is 1.60 bits per heavy atom. The van der Waals surface area contributed by atoms with Crippen LogP contribution in [-0.2, 0) is 0 Å². The molecule has 15 heavy (non-hydrogen) atoms. The first-order valence-corrected chi connectivity index (χ1v) is 4.49. The number of carboxylic acids is 1. The van der Waals surface area contributed by atoms with Gasteiger partial charge in [0.2, 0.25) is 0 Å². The summed E-state index contributed by atoms with van der Waals surface area (Å²) in [7, 11) is 1.78. The van der Waals surface area contributed by atoms with E-state index in [-0.39, 0.29) is 5.56 Å². The zero-order valence-electron chi connectivity index (χ0n) is 8.33. The highest BCUT2D eigenvalue weighted by molar-refractivity contribution is 5.92. The molecule has 0 fully saturated rings. The Morgan fingerprint density at radius 3 is 2.93 bits per heavy atom. The number of carboxylic acid groups (broad SMARTS) is 1. The predicted octanol–water partition coefficient (Wildman–Crippen LogP) is 1.76. The Balaban J connectivity index is 3.01. The van der Waals surface area contributed by atoms with E-state index in [1.54, 1.807) is 19.2 Å². The predicted molar refractivity (Wildman–Crippen MR) is 56.3 cm³/mol. The van der Waals surface area contributed by atoms with E-state index >= 15 is 0 Å². The molecule has 0 saturated carbocycles. The molecule has 0 aromatic heterocycles. The molecular formula is C11H12FNO2. The summed E-state index contributed by atoms with van der Waals surface area (Å²) < 4.78 is 12.8. The summed E-state index contributed by atoms with van der Waals surface area (Å²) in [6, 6.07) is 3.71. The lowest BCUT2D eigenvalue weighted by molar-refractivity contribution is 0.0696. The second-order valence-corrected chi connectivity index (χ2v) is 3.00. The maximum Gasteiger partial charge on any atom is 0.336 e. The van der Waals surface area contributed by atoms with Gasteiger partial charge >= 0.3 is 5.97 Å². The van der Waals surface area contributed by atoms with E-state index in [0.717, 1.165) is 6.07 Å². The molecule has 1 aromatic rings. The van der Waals surface area contributed by atoms with Crippen LogP contribution >= 0.6 is 0 Å². The van der Waals surface area contributed by atoms with Crippen molar-refractivity contribution >= 4 is 12.0 Å². The van der Waals surface area contributed by atoms with Crippen LogP contribution in [0.25, 0.3) is 6.08 Å². The normalized spacial score (nSPS) is 10.8. The van der Waals surface area contributed by atoms with Crippen molar-refractivity contribution in [2.24, 2.45) is 0 Å². The maximum absolute atomic E-state index is 12.8. The second-order valence-electron chi connectivity index (χ2n) is 3.00. The van der Waals surface area contributed by atoms with E-state index in [0.29, 0.717) is 12.1 Å². The summed E-state index contributed by atoms with van der Waals surface area (Å²) >= 11 is 0. The first kappa shape index (κ1) is 11.4. The van der Waals surface area contributed by atoms with Gasteiger partial charge in [-0.3, -0.25) is 0 Å². The lowest BCUT2D eigenvalue weighted by Crippen LogP contribution is -2.04. The Morgan fingerprint density at radius 2 is 2.33 bits per heavy atom. The minimum Gasteiger partial charge on any atom is -0.478 e. The van der Waals surface area contributed by atoms with Crippen molar-refractivity contribution in [1.82, 2.24) is 5.32 Å². The first-order chi connectivity index (χ1) is 7.15. The van der Waals surface area contributed by atoms with Crippen molar-refractivity contribution in [3.63, 3.8) is 0 Å². The molecule has 0 aliphatic carbocycles. The van der Waals surface area contributed by atoms with E-state index in [1.807, 2.05) is 0 Å². The molecule has 0 heterocycles. The van der Waals surface area contributed by atoms with E-state index in [2.05, 4.69) is 5.32 Å². The minimum atomic E-state index is -1.13. The average molecular weight is 209 g/mol. The summed E-state index contributed by atoms with van der Waals surface area (Å²) in [5.41, 5.74) is 0.474. The molecule has 0 saturated heterocycles. The minimum absolute atomic E-state index is 0.0256. The standard InChI is InChI=1S/C11H12FNO2/c1-13-6-2-3-8-4-5-9(12)7-10(8)11(14)15/h2-5,7,13H,6H2,1H3,(H,14,15). The van der Waals surface area contributed by atoms with Gasteiger partial charge in [0.05, 0.1) is 5.56 Å². The number of rotatable bonds is 4. The van der Waals surface area contributed by atoms with Gasteiger partial charge in [-0.25, -0.2) is 9.18 Å². The summed E-state index contributed by atoms with van der Waals surface area (Å²) in [4.78, 5) is 10.8. The lowest BCUT2D eigenvalue weighted by atomic mass is 10.1. The van der Waals surface area contributed by atoms with Gasteiger partial charge in [0, 0.05) is 6.54 Å². The molecule has 4 heteroatoms. The number of hydrogen-bond donors (Lipinski definition) is 2. The Kier molecular flexibility index (Phi) is 4.00. The Bertz CT molecular complexity index is 388. The highest BCUT2D eigenvalue weighted by Gasteiger charge is 2.08. The molecule has 0 atom stereocenters. The van der Waals surface area contributed by atoms with Crippen molar-refractivity contribution in [3.8, 4) is 0 Å². The fourth-order valence-corrected chi connectivity index (χ4v) is 1.16. The van der Waals surface area contributed by atoms with Crippen LogP contribution in [0.1, 0.15) is 15.9 Å². The molecule has 2 N–H and O–H groups in total. The second kappa shape index (κ2) is 5.26. The molecule has 0 radical (unpaired) electrons. The number of benzene rings is 1. The molecule has 0 amide bonds. The van der Waals surface area contributed by atoms with E-state index < -0.39 is 11.8 Å². The van der Waals surface area contributed by atoms with Crippen LogP contribution in [0.2, 0.25) is 0 Å². The van der Waals surface area contributed by atoms with Crippen LogP contribution in [0, 0.1) is 5.82 Å². The van der Waals surface area contributed by atoms with E-state index in [1.165, 1.54) is 12.1 Å². The van der Waals surface area contributed by atoms with Crippen LogP contribution in [0.5, 0.6) is 0 Å². The van der Waals surface area contributed by atoms with Crippen molar-refractivity contribution in [2.45, 2.75) is 0 Å². The SMILES string of the molecule is CNCC=Cc1ccc(F)cc1C(=O)O. The summed E-state index contributed by atoms with van der Waals surface area (Å²) in [6.45, 7) is 0.635. The highest BCUT2D eigenvalue weighted by atomic mass is 19.1. The molecule has 1 aromatic carbocycles. The average Bonchev–Trinajstić information content (AvgIpc) is 2.20. The maximum atomic E-state index is 12.8. The molecular weight excluding hydrogens is 197 g/mol. The number of aromatic carboxylic acids is 1. The Hall–Kier alpha value is -1.68. The zero-order valence-corrected chi connectivity index (χ0v) is 8.33. The van der Waals surface area contributed by atoms with Gasteiger partial charge in [0.15, 0.2) is 0 Å². The van der Waals surface area contributed by atoms with Crippen LogP contribution in [-0.4, -0.2) is 24.7 Å². The molecule has 0 unspecified atom stereocenters. The van der Waals surface area contributed by atoms with Gasteiger partial charge in [-0.15, -0.1) is 0 Å². The van der Waals surface area contributed by atoms with Gasteiger partial charge < -0.3 is 10.4 Å². The van der Waals surface area contributed by atoms with Crippen LogP contribution in [0.4, 0.5) is 4.39 Å². The third-order valence-corrected chi connectivity index (χ3v) is 1.87. The van der Waals surface area contributed by atoms with Crippen LogP contribution in [0.15, 0.2) is 24.3 Å². The lowest BCUT2D eigenvalue weighted by Gasteiger charge is -2.00. The molecule has 0 aliphatic heterocycles. The highest BCUT2D eigenvalue weighted by Crippen LogP contribution is 2.13. The summed E-state index contributed by atoms with van der Waals surface area (Å²) in [5, 5.41) is 11.7. The molecule has 0 aliphatic rings. The fraction of sp³-hybridized carbons (Fsp3) is 0.182. The van der Waals surface area contributed by atoms with Gasteiger partial charge in [0.1, 0.15) is 5.82 Å². The van der Waals surface area contributed by atoms with Crippen molar-refractivity contribution in [2.75, 3.05) is 13.6 Å². The number of likely N-dealkylation sites (N-methyl/N-ethyl adjacent to an activating group) is 1. The molecule has 1 rings (SSSR count). The third-order valence-electron chi connectivity index (χ3n) is 1.87. The molecule has 0 bridgehead atoms. The summed E-state index contributed by atoms with van der Waals surface area (Å²) in [6.07, 6.45) is 3.43. The molecule has 80 valence electrons. The van der Waals surface area contributed by atoms with Gasteiger partial charge in [0.25, 0.3) is 0 Å². The monoisotopic (exact) mass is 209 g/mol. The number of nitrogens with one attached hydrogen (secondary N) is 1. The van der Waals surface area contributed by atoms with Crippen LogP contribution in [0.3, 0.4) is 0 Å². The number of carbonyl (C=O) groups is 1. The first-order valence-electron chi connectivity index (χ1n) is 4.49. The largest absolute Gasteiger partial charge is 0.478 e. The smallest absolute Gasteiger partial charge is 0.336 e. The van der Waals surface area contributed by atoms with Crippen molar-refractivity contribution < 1.29 is 14.3 Å². The van der Waals surface area contributed by atoms with Gasteiger partial charge in [-0.05, 0) is 24.7 Å². The molecule has 0 spiro atoms.